The highest BCUT2D eigenvalue weighted by molar-refractivity contribution is 7.98. The summed E-state index contributed by atoms with van der Waals surface area (Å²) in [6, 6.07) is 7.33. The maximum absolute atomic E-state index is 12.0. The Morgan fingerprint density at radius 3 is 2.32 bits per heavy atom. The smallest absolute Gasteiger partial charge is 0.303 e. The number of hydrogen-bond donors (Lipinski definition) is 2. The number of carboxylic acids is 1. The lowest BCUT2D eigenvalue weighted by Gasteiger charge is -2.25. The minimum Gasteiger partial charge on any atom is -0.481 e. The van der Waals surface area contributed by atoms with Gasteiger partial charge in [-0.1, -0.05) is 0 Å². The van der Waals surface area contributed by atoms with E-state index in [2.05, 4.69) is 5.32 Å². The van der Waals surface area contributed by atoms with Crippen LogP contribution < -0.4 is 5.32 Å². The summed E-state index contributed by atoms with van der Waals surface area (Å²) in [5.41, 5.74) is 0.0504. The molecular weight excluding hydrogens is 262 g/mol. The third-order valence-corrected chi connectivity index (χ3v) is 3.51. The zero-order valence-corrected chi connectivity index (χ0v) is 12.2. The first kappa shape index (κ1) is 15.6. The maximum atomic E-state index is 12.0. The van der Waals surface area contributed by atoms with Gasteiger partial charge in [-0.25, -0.2) is 0 Å². The van der Waals surface area contributed by atoms with Crippen LogP contribution in [0.4, 0.5) is 0 Å². The Morgan fingerprint density at radius 2 is 1.84 bits per heavy atom. The third kappa shape index (κ3) is 5.34. The summed E-state index contributed by atoms with van der Waals surface area (Å²) in [7, 11) is 0. The van der Waals surface area contributed by atoms with Gasteiger partial charge in [-0.3, -0.25) is 9.59 Å². The van der Waals surface area contributed by atoms with Gasteiger partial charge in [0.25, 0.3) is 5.91 Å². The molecule has 0 saturated carbocycles. The van der Waals surface area contributed by atoms with Gasteiger partial charge < -0.3 is 10.4 Å². The van der Waals surface area contributed by atoms with E-state index in [1.807, 2.05) is 32.2 Å². The maximum Gasteiger partial charge on any atom is 0.303 e. The predicted molar refractivity (Wildman–Crippen MR) is 76.6 cm³/mol. The second kappa shape index (κ2) is 6.61. The van der Waals surface area contributed by atoms with E-state index in [9.17, 15) is 9.59 Å². The first-order valence-electron chi connectivity index (χ1n) is 6.02. The van der Waals surface area contributed by atoms with Gasteiger partial charge in [0.15, 0.2) is 0 Å². The van der Waals surface area contributed by atoms with Crippen molar-refractivity contribution >= 4 is 23.6 Å². The zero-order chi connectivity index (χ0) is 14.5. The van der Waals surface area contributed by atoms with Crippen molar-refractivity contribution in [1.29, 1.82) is 0 Å². The molecule has 1 aromatic carbocycles. The summed E-state index contributed by atoms with van der Waals surface area (Å²) in [4.78, 5) is 23.7. The second-order valence-electron chi connectivity index (χ2n) is 4.96. The van der Waals surface area contributed by atoms with Gasteiger partial charge in [-0.15, -0.1) is 11.8 Å². The van der Waals surface area contributed by atoms with E-state index in [1.54, 1.807) is 23.9 Å². The van der Waals surface area contributed by atoms with E-state index in [1.165, 1.54) is 0 Å². The molecule has 0 atom stereocenters. The summed E-state index contributed by atoms with van der Waals surface area (Å²) in [5, 5.41) is 11.5. The van der Waals surface area contributed by atoms with Crippen LogP contribution in [-0.4, -0.2) is 28.8 Å². The number of aliphatic carboxylic acids is 1. The summed E-state index contributed by atoms with van der Waals surface area (Å²) in [6.07, 6.45) is 2.42. The standard InChI is InChI=1S/C14H19NO3S/c1-14(2,9-8-12(16)17)15-13(18)10-4-6-11(19-3)7-5-10/h4-7H,8-9H2,1-3H3,(H,15,18)(H,16,17). The average Bonchev–Trinajstić information content (AvgIpc) is 2.36. The number of amides is 1. The molecule has 0 saturated heterocycles. The lowest BCUT2D eigenvalue weighted by Crippen LogP contribution is -2.43. The van der Waals surface area contributed by atoms with Crippen LogP contribution >= 0.6 is 11.8 Å². The van der Waals surface area contributed by atoms with Gasteiger partial charge in [0.2, 0.25) is 0 Å². The molecule has 0 spiro atoms. The monoisotopic (exact) mass is 281 g/mol. The Hall–Kier alpha value is -1.49. The highest BCUT2D eigenvalue weighted by Crippen LogP contribution is 2.16. The lowest BCUT2D eigenvalue weighted by atomic mass is 9.98. The molecule has 0 aliphatic rings. The zero-order valence-electron chi connectivity index (χ0n) is 11.4. The van der Waals surface area contributed by atoms with E-state index in [-0.39, 0.29) is 12.3 Å². The second-order valence-corrected chi connectivity index (χ2v) is 5.84. The molecular formula is C14H19NO3S. The van der Waals surface area contributed by atoms with E-state index < -0.39 is 11.5 Å². The molecule has 1 rings (SSSR count). The SMILES string of the molecule is CSc1ccc(C(=O)NC(C)(C)CCC(=O)O)cc1. The molecule has 104 valence electrons. The van der Waals surface area contributed by atoms with Crippen LogP contribution in [0.15, 0.2) is 29.2 Å². The number of thioether (sulfide) groups is 1. The van der Waals surface area contributed by atoms with Gasteiger partial charge in [-0.05, 0) is 50.8 Å². The molecule has 0 radical (unpaired) electrons. The van der Waals surface area contributed by atoms with Crippen LogP contribution in [0.3, 0.4) is 0 Å². The van der Waals surface area contributed by atoms with Crippen molar-refractivity contribution in [2.24, 2.45) is 0 Å². The summed E-state index contributed by atoms with van der Waals surface area (Å²) < 4.78 is 0. The Kier molecular flexibility index (Phi) is 5.42. The summed E-state index contributed by atoms with van der Waals surface area (Å²) in [5.74, 6) is -1.03. The number of nitrogens with one attached hydrogen (secondary N) is 1. The number of hydrogen-bond acceptors (Lipinski definition) is 3. The molecule has 0 aromatic heterocycles. The van der Waals surface area contributed by atoms with Crippen molar-refractivity contribution in [3.8, 4) is 0 Å². The van der Waals surface area contributed by atoms with E-state index in [4.69, 9.17) is 5.11 Å². The highest BCUT2D eigenvalue weighted by Gasteiger charge is 2.22. The van der Waals surface area contributed by atoms with Crippen molar-refractivity contribution < 1.29 is 14.7 Å². The van der Waals surface area contributed by atoms with Crippen LogP contribution in [0.25, 0.3) is 0 Å². The number of carbonyl (C=O) groups is 2. The Bertz CT molecular complexity index is 454. The highest BCUT2D eigenvalue weighted by atomic mass is 32.2. The number of carboxylic acid groups (broad SMARTS) is 1. The van der Waals surface area contributed by atoms with Crippen LogP contribution in [-0.2, 0) is 4.79 Å². The molecule has 0 aliphatic heterocycles. The van der Waals surface area contributed by atoms with Crippen molar-refractivity contribution in [2.45, 2.75) is 37.1 Å². The molecule has 1 aromatic rings. The van der Waals surface area contributed by atoms with Crippen molar-refractivity contribution in [3.05, 3.63) is 29.8 Å². The van der Waals surface area contributed by atoms with Crippen molar-refractivity contribution in [1.82, 2.24) is 5.32 Å². The van der Waals surface area contributed by atoms with Gasteiger partial charge in [0.05, 0.1) is 0 Å². The van der Waals surface area contributed by atoms with Gasteiger partial charge >= 0.3 is 5.97 Å². The molecule has 2 N–H and O–H groups in total. The van der Waals surface area contributed by atoms with E-state index in [0.29, 0.717) is 12.0 Å². The molecule has 0 bridgehead atoms. The number of benzene rings is 1. The van der Waals surface area contributed by atoms with Gasteiger partial charge in [-0.2, -0.15) is 0 Å². The Labute approximate surface area is 117 Å². The first-order chi connectivity index (χ1) is 8.84. The molecule has 0 heterocycles. The van der Waals surface area contributed by atoms with Crippen LogP contribution in [0.2, 0.25) is 0 Å². The first-order valence-corrected chi connectivity index (χ1v) is 7.25. The Balaban J connectivity index is 2.64. The molecule has 0 fully saturated rings. The van der Waals surface area contributed by atoms with Crippen LogP contribution in [0.1, 0.15) is 37.0 Å². The van der Waals surface area contributed by atoms with E-state index >= 15 is 0 Å². The number of carbonyl (C=O) groups excluding carboxylic acids is 1. The van der Waals surface area contributed by atoms with Crippen LogP contribution in [0, 0.1) is 0 Å². The molecule has 0 unspecified atom stereocenters. The fraction of sp³-hybridized carbons (Fsp3) is 0.429. The molecule has 4 nitrogen and oxygen atoms in total. The predicted octanol–water partition coefficient (Wildman–Crippen LogP) is 2.78. The Morgan fingerprint density at radius 1 is 1.26 bits per heavy atom. The molecule has 19 heavy (non-hydrogen) atoms. The molecule has 5 heteroatoms. The van der Waals surface area contributed by atoms with Gasteiger partial charge in [0, 0.05) is 22.4 Å². The fourth-order valence-electron chi connectivity index (χ4n) is 1.60. The summed E-state index contributed by atoms with van der Waals surface area (Å²) >= 11 is 1.62. The lowest BCUT2D eigenvalue weighted by molar-refractivity contribution is -0.137. The average molecular weight is 281 g/mol. The normalized spacial score (nSPS) is 11.1. The number of rotatable bonds is 6. The molecule has 0 aliphatic carbocycles. The fourth-order valence-corrected chi connectivity index (χ4v) is 2.01. The van der Waals surface area contributed by atoms with E-state index in [0.717, 1.165) is 4.90 Å². The summed E-state index contributed by atoms with van der Waals surface area (Å²) in [6.45, 7) is 3.65. The largest absolute Gasteiger partial charge is 0.481 e. The molecule has 1 amide bonds. The van der Waals surface area contributed by atoms with Crippen molar-refractivity contribution in [2.75, 3.05) is 6.26 Å². The minimum atomic E-state index is -0.855. The van der Waals surface area contributed by atoms with Crippen LogP contribution in [0.5, 0.6) is 0 Å². The quantitative estimate of drug-likeness (QED) is 0.787. The minimum absolute atomic E-state index is 0.0404. The van der Waals surface area contributed by atoms with Crippen molar-refractivity contribution in [3.63, 3.8) is 0 Å². The van der Waals surface area contributed by atoms with Gasteiger partial charge in [0.1, 0.15) is 0 Å². The third-order valence-electron chi connectivity index (χ3n) is 2.77. The topological polar surface area (TPSA) is 66.4 Å².